The van der Waals surface area contributed by atoms with Crippen LogP contribution in [0.1, 0.15) is 29.0 Å². The Hall–Kier alpha value is -2.59. The van der Waals surface area contributed by atoms with Gasteiger partial charge in [-0.05, 0) is 47.7 Å². The minimum absolute atomic E-state index is 0.136. The van der Waals surface area contributed by atoms with Crippen LogP contribution in [0.25, 0.3) is 10.8 Å². The molecule has 1 saturated carbocycles. The zero-order chi connectivity index (χ0) is 16.6. The highest BCUT2D eigenvalue weighted by molar-refractivity contribution is 6.07. The molecule has 3 aromatic rings. The molecule has 1 aliphatic rings. The Balaban J connectivity index is 1.57. The van der Waals surface area contributed by atoms with Crippen LogP contribution in [-0.4, -0.2) is 17.6 Å². The minimum atomic E-state index is -1.14. The molecule has 2 aromatic carbocycles. The van der Waals surface area contributed by atoms with Crippen LogP contribution in [0.15, 0.2) is 65.3 Å². The number of carbonyl (C=O) groups is 1. The van der Waals surface area contributed by atoms with Crippen LogP contribution < -0.4 is 5.32 Å². The maximum Gasteiger partial charge on any atom is 0.252 e. The summed E-state index contributed by atoms with van der Waals surface area (Å²) < 4.78 is 5.41. The summed E-state index contributed by atoms with van der Waals surface area (Å²) in [5.41, 5.74) is -0.519. The molecule has 2 N–H and O–H groups in total. The van der Waals surface area contributed by atoms with Gasteiger partial charge < -0.3 is 14.8 Å². The summed E-state index contributed by atoms with van der Waals surface area (Å²) in [7, 11) is 0. The van der Waals surface area contributed by atoms with E-state index in [4.69, 9.17) is 4.42 Å². The fraction of sp³-hybridized carbons (Fsp3) is 0.250. The van der Waals surface area contributed by atoms with Crippen LogP contribution in [0.3, 0.4) is 0 Å². The van der Waals surface area contributed by atoms with Gasteiger partial charge in [0.25, 0.3) is 5.91 Å². The summed E-state index contributed by atoms with van der Waals surface area (Å²) in [6.45, 7) is 0.146. The number of nitrogens with one attached hydrogen (secondary N) is 1. The number of furan rings is 1. The first-order valence-electron chi connectivity index (χ1n) is 8.21. The SMILES string of the molecule is O=C(NCC(O)(c1ccco1)C1CC1)c1cccc2ccccc12. The van der Waals surface area contributed by atoms with Gasteiger partial charge in [0, 0.05) is 5.56 Å². The van der Waals surface area contributed by atoms with Crippen molar-refractivity contribution < 1.29 is 14.3 Å². The van der Waals surface area contributed by atoms with Gasteiger partial charge in [-0.3, -0.25) is 4.79 Å². The van der Waals surface area contributed by atoms with E-state index in [0.717, 1.165) is 23.6 Å². The average Bonchev–Trinajstić information content (AvgIpc) is 3.33. The van der Waals surface area contributed by atoms with Crippen LogP contribution >= 0.6 is 0 Å². The molecule has 24 heavy (non-hydrogen) atoms. The molecular weight excluding hydrogens is 302 g/mol. The predicted octanol–water partition coefficient (Wildman–Crippen LogP) is 3.46. The third-order valence-electron chi connectivity index (χ3n) is 4.75. The zero-order valence-corrected chi connectivity index (χ0v) is 13.2. The van der Waals surface area contributed by atoms with Crippen LogP contribution in [0.2, 0.25) is 0 Å². The summed E-state index contributed by atoms with van der Waals surface area (Å²) in [6.07, 6.45) is 3.44. The number of rotatable bonds is 5. The third-order valence-corrected chi connectivity index (χ3v) is 4.75. The van der Waals surface area contributed by atoms with E-state index in [9.17, 15) is 9.90 Å². The Morgan fingerprint density at radius 3 is 2.67 bits per heavy atom. The maximum atomic E-state index is 12.7. The smallest absolute Gasteiger partial charge is 0.252 e. The van der Waals surface area contributed by atoms with Gasteiger partial charge in [-0.25, -0.2) is 0 Å². The molecule has 4 heteroatoms. The molecule has 1 fully saturated rings. The standard InChI is InChI=1S/C20H19NO3/c22-19(17-8-3-6-14-5-1-2-7-16(14)17)21-13-20(23,15-10-11-15)18-9-4-12-24-18/h1-9,12,15,23H,10-11,13H2,(H,21,22). The quantitative estimate of drug-likeness (QED) is 0.756. The van der Waals surface area contributed by atoms with Crippen molar-refractivity contribution in [3.05, 3.63) is 72.2 Å². The van der Waals surface area contributed by atoms with E-state index in [1.54, 1.807) is 24.5 Å². The first-order chi connectivity index (χ1) is 11.7. The molecule has 0 spiro atoms. The van der Waals surface area contributed by atoms with Crippen molar-refractivity contribution in [1.29, 1.82) is 0 Å². The van der Waals surface area contributed by atoms with Gasteiger partial charge in [-0.2, -0.15) is 0 Å². The first kappa shape index (κ1) is 15.0. The van der Waals surface area contributed by atoms with Crippen molar-refractivity contribution in [3.8, 4) is 0 Å². The second-order valence-corrected chi connectivity index (χ2v) is 6.39. The lowest BCUT2D eigenvalue weighted by Gasteiger charge is -2.26. The Morgan fingerprint density at radius 1 is 1.12 bits per heavy atom. The monoisotopic (exact) mass is 321 g/mol. The largest absolute Gasteiger partial charge is 0.466 e. The molecule has 122 valence electrons. The third kappa shape index (κ3) is 2.59. The summed E-state index contributed by atoms with van der Waals surface area (Å²) in [5, 5.41) is 15.8. The van der Waals surface area contributed by atoms with Gasteiger partial charge in [-0.1, -0.05) is 36.4 Å². The van der Waals surface area contributed by atoms with Gasteiger partial charge in [0.05, 0.1) is 12.8 Å². The molecule has 1 atom stereocenters. The number of aliphatic hydroxyl groups is 1. The number of amides is 1. The molecule has 4 rings (SSSR count). The summed E-state index contributed by atoms with van der Waals surface area (Å²) in [5.74, 6) is 0.470. The Morgan fingerprint density at radius 2 is 1.92 bits per heavy atom. The molecule has 0 bridgehead atoms. The zero-order valence-electron chi connectivity index (χ0n) is 13.2. The molecule has 0 aliphatic heterocycles. The molecule has 0 radical (unpaired) electrons. The first-order valence-corrected chi connectivity index (χ1v) is 8.21. The van der Waals surface area contributed by atoms with Gasteiger partial charge in [-0.15, -0.1) is 0 Å². The molecule has 1 amide bonds. The molecule has 4 nitrogen and oxygen atoms in total. The van der Waals surface area contributed by atoms with E-state index in [2.05, 4.69) is 5.32 Å². The number of benzene rings is 2. The fourth-order valence-electron chi connectivity index (χ4n) is 3.25. The molecule has 0 saturated heterocycles. The number of fused-ring (bicyclic) bond motifs is 1. The minimum Gasteiger partial charge on any atom is -0.466 e. The lowest BCUT2D eigenvalue weighted by molar-refractivity contribution is -0.00609. The summed E-state index contributed by atoms with van der Waals surface area (Å²) in [6, 6.07) is 17.0. The fourth-order valence-corrected chi connectivity index (χ4v) is 3.25. The van der Waals surface area contributed by atoms with Crippen molar-refractivity contribution in [2.75, 3.05) is 6.54 Å². The van der Waals surface area contributed by atoms with Crippen molar-refractivity contribution in [2.24, 2.45) is 5.92 Å². The normalized spacial score (nSPS) is 16.7. The van der Waals surface area contributed by atoms with Crippen molar-refractivity contribution >= 4 is 16.7 Å². The van der Waals surface area contributed by atoms with Crippen LogP contribution in [0.5, 0.6) is 0 Å². The van der Waals surface area contributed by atoms with Crippen molar-refractivity contribution in [3.63, 3.8) is 0 Å². The summed E-state index contributed by atoms with van der Waals surface area (Å²) in [4.78, 5) is 12.7. The Labute approximate surface area is 140 Å². The van der Waals surface area contributed by atoms with E-state index in [0.29, 0.717) is 11.3 Å². The van der Waals surface area contributed by atoms with Gasteiger partial charge in [0.2, 0.25) is 0 Å². The van der Waals surface area contributed by atoms with Crippen LogP contribution in [0, 0.1) is 5.92 Å². The van der Waals surface area contributed by atoms with E-state index in [1.165, 1.54) is 0 Å². The van der Waals surface area contributed by atoms with E-state index in [-0.39, 0.29) is 18.4 Å². The van der Waals surface area contributed by atoms with Crippen molar-refractivity contribution in [2.45, 2.75) is 18.4 Å². The molecule has 1 aliphatic carbocycles. The van der Waals surface area contributed by atoms with Gasteiger partial charge in [0.15, 0.2) is 0 Å². The highest BCUT2D eigenvalue weighted by atomic mass is 16.4. The Kier molecular flexibility index (Phi) is 3.62. The van der Waals surface area contributed by atoms with E-state index < -0.39 is 5.60 Å². The lowest BCUT2D eigenvalue weighted by atomic mass is 9.94. The molecule has 1 heterocycles. The van der Waals surface area contributed by atoms with E-state index in [1.807, 2.05) is 36.4 Å². The van der Waals surface area contributed by atoms with Gasteiger partial charge in [0.1, 0.15) is 11.4 Å². The topological polar surface area (TPSA) is 62.5 Å². The highest BCUT2D eigenvalue weighted by Gasteiger charge is 2.47. The van der Waals surface area contributed by atoms with Crippen LogP contribution in [-0.2, 0) is 5.60 Å². The van der Waals surface area contributed by atoms with E-state index >= 15 is 0 Å². The van der Waals surface area contributed by atoms with Crippen LogP contribution in [0.4, 0.5) is 0 Å². The average molecular weight is 321 g/mol. The molecule has 1 aromatic heterocycles. The number of hydrogen-bond donors (Lipinski definition) is 2. The number of carbonyl (C=O) groups excluding carboxylic acids is 1. The second-order valence-electron chi connectivity index (χ2n) is 6.39. The number of hydrogen-bond acceptors (Lipinski definition) is 3. The molecular formula is C20H19NO3. The lowest BCUT2D eigenvalue weighted by Crippen LogP contribution is -2.42. The van der Waals surface area contributed by atoms with Crippen molar-refractivity contribution in [1.82, 2.24) is 5.32 Å². The second kappa shape index (κ2) is 5.80. The van der Waals surface area contributed by atoms with Gasteiger partial charge >= 0.3 is 0 Å². The Bertz CT molecular complexity index is 862. The summed E-state index contributed by atoms with van der Waals surface area (Å²) >= 11 is 0. The predicted molar refractivity (Wildman–Crippen MR) is 91.6 cm³/mol. The highest BCUT2D eigenvalue weighted by Crippen LogP contribution is 2.45. The molecule has 1 unspecified atom stereocenters. The maximum absolute atomic E-state index is 12.7.